The average molecular weight is 270 g/mol. The van der Waals surface area contributed by atoms with E-state index in [4.69, 9.17) is 9.47 Å². The highest BCUT2D eigenvalue weighted by Gasteiger charge is 2.09. The maximum Gasteiger partial charge on any atom is 0.167 e. The van der Waals surface area contributed by atoms with Crippen LogP contribution >= 0.6 is 0 Å². The lowest BCUT2D eigenvalue weighted by Gasteiger charge is -2.08. The molecule has 0 amide bonds. The summed E-state index contributed by atoms with van der Waals surface area (Å²) in [6.45, 7) is 1.99. The van der Waals surface area contributed by atoms with Crippen LogP contribution in [0.2, 0.25) is 0 Å². The van der Waals surface area contributed by atoms with Crippen molar-refractivity contribution in [3.05, 3.63) is 59.2 Å². The second-order valence-electron chi connectivity index (χ2n) is 4.62. The summed E-state index contributed by atoms with van der Waals surface area (Å²) in [6, 6.07) is 12.9. The molecule has 0 aromatic heterocycles. The van der Waals surface area contributed by atoms with E-state index in [9.17, 15) is 4.79 Å². The smallest absolute Gasteiger partial charge is 0.167 e. The molecular weight excluding hydrogens is 252 g/mol. The minimum atomic E-state index is 0.0981. The molecule has 2 aromatic rings. The number of hydrogen-bond acceptors (Lipinski definition) is 3. The highest BCUT2D eigenvalue weighted by atomic mass is 16.5. The first kappa shape index (κ1) is 14.1. The lowest BCUT2D eigenvalue weighted by Crippen LogP contribution is -2.05. The predicted octanol–water partition coefficient (Wildman–Crippen LogP) is 3.44. The van der Waals surface area contributed by atoms with Crippen molar-refractivity contribution in [2.45, 2.75) is 13.3 Å². The van der Waals surface area contributed by atoms with Gasteiger partial charge >= 0.3 is 0 Å². The van der Waals surface area contributed by atoms with Crippen LogP contribution in [0.1, 0.15) is 21.5 Å². The maximum atomic E-state index is 12.2. The number of carbonyl (C=O) groups is 1. The number of benzene rings is 2. The van der Waals surface area contributed by atoms with E-state index in [1.807, 2.05) is 25.1 Å². The van der Waals surface area contributed by atoms with Gasteiger partial charge in [0.2, 0.25) is 0 Å². The largest absolute Gasteiger partial charge is 0.497 e. The van der Waals surface area contributed by atoms with Crippen molar-refractivity contribution in [1.29, 1.82) is 0 Å². The number of Topliss-reactive ketones (excluding diaryl/α,β-unsaturated/α-hetero) is 1. The molecule has 3 heteroatoms. The Bertz CT molecular complexity index is 600. The van der Waals surface area contributed by atoms with Crippen molar-refractivity contribution in [3.8, 4) is 11.5 Å². The summed E-state index contributed by atoms with van der Waals surface area (Å²) >= 11 is 0. The summed E-state index contributed by atoms with van der Waals surface area (Å²) in [5.74, 6) is 1.66. The fraction of sp³-hybridized carbons (Fsp3) is 0.235. The molecule has 20 heavy (non-hydrogen) atoms. The number of carbonyl (C=O) groups excluding carboxylic acids is 1. The number of ketones is 1. The molecular formula is C17H18O3. The van der Waals surface area contributed by atoms with Crippen molar-refractivity contribution >= 4 is 5.78 Å². The van der Waals surface area contributed by atoms with Gasteiger partial charge in [0.15, 0.2) is 5.78 Å². The molecule has 0 aliphatic carbocycles. The Hall–Kier alpha value is -2.29. The van der Waals surface area contributed by atoms with Gasteiger partial charge in [0.05, 0.1) is 14.2 Å². The molecule has 0 N–H and O–H groups in total. The first-order valence-electron chi connectivity index (χ1n) is 6.45. The third-order valence-corrected chi connectivity index (χ3v) is 3.31. The maximum absolute atomic E-state index is 12.2. The van der Waals surface area contributed by atoms with E-state index in [0.29, 0.717) is 12.0 Å². The minimum absolute atomic E-state index is 0.0981. The van der Waals surface area contributed by atoms with Crippen molar-refractivity contribution in [1.82, 2.24) is 0 Å². The Kier molecular flexibility index (Phi) is 4.41. The number of hydrogen-bond donors (Lipinski definition) is 0. The lowest BCUT2D eigenvalue weighted by atomic mass is 9.99. The zero-order chi connectivity index (χ0) is 14.5. The van der Waals surface area contributed by atoms with Gasteiger partial charge in [0.25, 0.3) is 0 Å². The first-order chi connectivity index (χ1) is 9.63. The van der Waals surface area contributed by atoms with Gasteiger partial charge in [-0.15, -0.1) is 0 Å². The van der Waals surface area contributed by atoms with Crippen molar-refractivity contribution in [2.24, 2.45) is 0 Å². The molecule has 0 saturated carbocycles. The SMILES string of the molecule is COc1ccc(C(=O)Cc2ccc(OC)cc2C)cc1. The van der Waals surface area contributed by atoms with E-state index in [-0.39, 0.29) is 5.78 Å². The summed E-state index contributed by atoms with van der Waals surface area (Å²) < 4.78 is 10.3. The van der Waals surface area contributed by atoms with Gasteiger partial charge in [-0.25, -0.2) is 0 Å². The van der Waals surface area contributed by atoms with Crippen LogP contribution in [0.4, 0.5) is 0 Å². The van der Waals surface area contributed by atoms with Gasteiger partial charge in [0, 0.05) is 12.0 Å². The van der Waals surface area contributed by atoms with Crippen LogP contribution in [0, 0.1) is 6.92 Å². The fourth-order valence-electron chi connectivity index (χ4n) is 2.05. The summed E-state index contributed by atoms with van der Waals surface area (Å²) in [6.07, 6.45) is 0.391. The van der Waals surface area contributed by atoms with Crippen LogP contribution in [-0.2, 0) is 6.42 Å². The van der Waals surface area contributed by atoms with Crippen molar-refractivity contribution < 1.29 is 14.3 Å². The number of aryl methyl sites for hydroxylation is 1. The van der Waals surface area contributed by atoms with E-state index >= 15 is 0 Å². The Balaban J connectivity index is 2.14. The van der Waals surface area contributed by atoms with E-state index in [1.165, 1.54) is 0 Å². The molecule has 2 rings (SSSR count). The van der Waals surface area contributed by atoms with Crippen molar-refractivity contribution in [3.63, 3.8) is 0 Å². The van der Waals surface area contributed by atoms with Gasteiger partial charge in [-0.05, 0) is 54.4 Å². The highest BCUT2D eigenvalue weighted by Crippen LogP contribution is 2.19. The van der Waals surface area contributed by atoms with Gasteiger partial charge in [-0.1, -0.05) is 6.07 Å². The summed E-state index contributed by atoms with van der Waals surface area (Å²) in [5, 5.41) is 0. The molecule has 0 aliphatic rings. The topological polar surface area (TPSA) is 35.5 Å². The number of ether oxygens (including phenoxy) is 2. The molecule has 0 spiro atoms. The van der Waals surface area contributed by atoms with E-state index in [1.54, 1.807) is 38.5 Å². The Morgan fingerprint density at radius 2 is 1.55 bits per heavy atom. The van der Waals surface area contributed by atoms with E-state index in [2.05, 4.69) is 0 Å². The third-order valence-electron chi connectivity index (χ3n) is 3.31. The van der Waals surface area contributed by atoms with Crippen LogP contribution in [0.25, 0.3) is 0 Å². The van der Waals surface area contributed by atoms with Crippen LogP contribution in [0.5, 0.6) is 11.5 Å². The normalized spacial score (nSPS) is 10.2. The molecule has 0 aliphatic heterocycles. The zero-order valence-electron chi connectivity index (χ0n) is 12.0. The predicted molar refractivity (Wildman–Crippen MR) is 78.8 cm³/mol. The quantitative estimate of drug-likeness (QED) is 0.781. The third kappa shape index (κ3) is 3.18. The van der Waals surface area contributed by atoms with Gasteiger partial charge in [-0.3, -0.25) is 4.79 Å². The standard InChI is InChI=1S/C17H18O3/c1-12-10-16(20-3)9-6-14(12)11-17(18)13-4-7-15(19-2)8-5-13/h4-10H,11H2,1-3H3. The molecule has 0 atom stereocenters. The van der Waals surface area contributed by atoms with Gasteiger partial charge in [-0.2, -0.15) is 0 Å². The molecule has 2 aromatic carbocycles. The molecule has 0 heterocycles. The highest BCUT2D eigenvalue weighted by molar-refractivity contribution is 5.97. The number of methoxy groups -OCH3 is 2. The molecule has 0 saturated heterocycles. The molecule has 0 fully saturated rings. The lowest BCUT2D eigenvalue weighted by molar-refractivity contribution is 0.0992. The first-order valence-corrected chi connectivity index (χ1v) is 6.45. The molecule has 0 radical (unpaired) electrons. The second-order valence-corrected chi connectivity index (χ2v) is 4.62. The minimum Gasteiger partial charge on any atom is -0.497 e. The van der Waals surface area contributed by atoms with Crippen LogP contribution in [-0.4, -0.2) is 20.0 Å². The second kappa shape index (κ2) is 6.24. The number of rotatable bonds is 5. The Morgan fingerprint density at radius 1 is 0.950 bits per heavy atom. The Labute approximate surface area is 119 Å². The summed E-state index contributed by atoms with van der Waals surface area (Å²) in [7, 11) is 3.24. The molecule has 3 nitrogen and oxygen atoms in total. The fourth-order valence-corrected chi connectivity index (χ4v) is 2.05. The summed E-state index contributed by atoms with van der Waals surface area (Å²) in [4.78, 5) is 12.2. The molecule has 0 unspecified atom stereocenters. The van der Waals surface area contributed by atoms with E-state index in [0.717, 1.165) is 22.6 Å². The van der Waals surface area contributed by atoms with Gasteiger partial charge < -0.3 is 9.47 Å². The zero-order valence-corrected chi connectivity index (χ0v) is 12.0. The van der Waals surface area contributed by atoms with E-state index < -0.39 is 0 Å². The Morgan fingerprint density at radius 3 is 2.10 bits per heavy atom. The van der Waals surface area contributed by atoms with Crippen LogP contribution in [0.15, 0.2) is 42.5 Å². The van der Waals surface area contributed by atoms with Gasteiger partial charge in [0.1, 0.15) is 11.5 Å². The molecule has 104 valence electrons. The van der Waals surface area contributed by atoms with Crippen LogP contribution < -0.4 is 9.47 Å². The average Bonchev–Trinajstić information content (AvgIpc) is 2.49. The monoisotopic (exact) mass is 270 g/mol. The molecule has 0 bridgehead atoms. The summed E-state index contributed by atoms with van der Waals surface area (Å²) in [5.41, 5.74) is 2.78. The van der Waals surface area contributed by atoms with Crippen LogP contribution in [0.3, 0.4) is 0 Å². The van der Waals surface area contributed by atoms with Crippen molar-refractivity contribution in [2.75, 3.05) is 14.2 Å².